The average molecular weight is 362 g/mol. The highest BCUT2D eigenvalue weighted by molar-refractivity contribution is 5.96. The number of nitrogens with one attached hydrogen (secondary N) is 2. The monoisotopic (exact) mass is 362 g/mol. The lowest BCUT2D eigenvalue weighted by Crippen LogP contribution is -2.21. The van der Waals surface area contributed by atoms with Gasteiger partial charge in [-0.05, 0) is 42.5 Å². The molecule has 2 N–H and O–H groups in total. The molecule has 0 saturated carbocycles. The highest BCUT2D eigenvalue weighted by Gasteiger charge is 2.11. The standard InChI is InChI=1S/C19H14N4O4/c20-9-8-17(24)22-15-6-4-14(5-7-15)19(26)27-12-18(25)23-16-3-1-2-13(10-16)11-21/h1-7,10H,8,12H2,(H,22,24)(H,23,25). The van der Waals surface area contributed by atoms with E-state index in [1.807, 2.05) is 6.07 Å². The molecule has 2 rings (SSSR count). The van der Waals surface area contributed by atoms with E-state index in [1.165, 1.54) is 30.3 Å². The molecular formula is C19H14N4O4. The minimum absolute atomic E-state index is 0.201. The van der Waals surface area contributed by atoms with Crippen LogP contribution in [0.4, 0.5) is 11.4 Å². The maximum absolute atomic E-state index is 12.0. The van der Waals surface area contributed by atoms with E-state index in [1.54, 1.807) is 24.3 Å². The van der Waals surface area contributed by atoms with Crippen molar-refractivity contribution in [1.29, 1.82) is 10.5 Å². The summed E-state index contributed by atoms with van der Waals surface area (Å²) in [5.74, 6) is -1.70. The number of amides is 2. The van der Waals surface area contributed by atoms with E-state index in [9.17, 15) is 14.4 Å². The van der Waals surface area contributed by atoms with Crippen LogP contribution in [-0.4, -0.2) is 24.4 Å². The number of hydrogen-bond acceptors (Lipinski definition) is 6. The molecule has 2 amide bonds. The van der Waals surface area contributed by atoms with Gasteiger partial charge in [-0.25, -0.2) is 4.79 Å². The first-order valence-electron chi connectivity index (χ1n) is 7.76. The van der Waals surface area contributed by atoms with E-state index in [0.717, 1.165) is 0 Å². The van der Waals surface area contributed by atoms with Crippen molar-refractivity contribution in [3.63, 3.8) is 0 Å². The Morgan fingerprint density at radius 1 is 0.926 bits per heavy atom. The fourth-order valence-corrected chi connectivity index (χ4v) is 2.04. The van der Waals surface area contributed by atoms with Crippen LogP contribution < -0.4 is 10.6 Å². The number of ether oxygens (including phenoxy) is 1. The Morgan fingerprint density at radius 3 is 2.30 bits per heavy atom. The molecular weight excluding hydrogens is 348 g/mol. The Morgan fingerprint density at radius 2 is 1.63 bits per heavy atom. The van der Waals surface area contributed by atoms with Crippen LogP contribution in [0.25, 0.3) is 0 Å². The summed E-state index contributed by atoms with van der Waals surface area (Å²) in [6, 6.07) is 15.8. The van der Waals surface area contributed by atoms with Crippen molar-refractivity contribution in [2.75, 3.05) is 17.2 Å². The van der Waals surface area contributed by atoms with E-state index < -0.39 is 24.4 Å². The van der Waals surface area contributed by atoms with Gasteiger partial charge in [-0.2, -0.15) is 10.5 Å². The van der Waals surface area contributed by atoms with Crippen LogP contribution in [0.3, 0.4) is 0 Å². The van der Waals surface area contributed by atoms with Crippen molar-refractivity contribution in [1.82, 2.24) is 0 Å². The third-order valence-corrected chi connectivity index (χ3v) is 3.25. The molecule has 0 spiro atoms. The molecule has 0 aliphatic rings. The highest BCUT2D eigenvalue weighted by atomic mass is 16.5. The minimum Gasteiger partial charge on any atom is -0.452 e. The number of nitrogens with zero attached hydrogens (tertiary/aromatic N) is 2. The highest BCUT2D eigenvalue weighted by Crippen LogP contribution is 2.12. The van der Waals surface area contributed by atoms with Crippen LogP contribution in [0.1, 0.15) is 22.3 Å². The van der Waals surface area contributed by atoms with Gasteiger partial charge in [0.2, 0.25) is 5.91 Å². The van der Waals surface area contributed by atoms with E-state index in [-0.39, 0.29) is 12.0 Å². The SMILES string of the molecule is N#CCC(=O)Nc1ccc(C(=O)OCC(=O)Nc2cccc(C#N)c2)cc1. The van der Waals surface area contributed by atoms with Crippen LogP contribution in [0.2, 0.25) is 0 Å². The average Bonchev–Trinajstić information content (AvgIpc) is 2.67. The summed E-state index contributed by atoms with van der Waals surface area (Å²) in [5.41, 5.74) is 1.45. The number of carbonyl (C=O) groups excluding carboxylic acids is 3. The van der Waals surface area contributed by atoms with Gasteiger partial charge in [-0.1, -0.05) is 6.07 Å². The zero-order valence-electron chi connectivity index (χ0n) is 14.1. The molecule has 0 saturated heterocycles. The van der Waals surface area contributed by atoms with Crippen molar-refractivity contribution in [3.05, 3.63) is 59.7 Å². The number of nitriles is 2. The minimum atomic E-state index is -0.703. The van der Waals surface area contributed by atoms with E-state index in [4.69, 9.17) is 15.3 Å². The van der Waals surface area contributed by atoms with Crippen molar-refractivity contribution in [2.24, 2.45) is 0 Å². The maximum Gasteiger partial charge on any atom is 0.338 e. The quantitative estimate of drug-likeness (QED) is 0.757. The Bertz CT molecular complexity index is 939. The molecule has 2 aromatic carbocycles. The zero-order valence-corrected chi connectivity index (χ0v) is 14.1. The van der Waals surface area contributed by atoms with Crippen LogP contribution in [0, 0.1) is 22.7 Å². The third kappa shape index (κ3) is 6.00. The first-order chi connectivity index (χ1) is 13.0. The second-order valence-electron chi connectivity index (χ2n) is 5.28. The Hall–Kier alpha value is -4.17. The second-order valence-corrected chi connectivity index (χ2v) is 5.28. The van der Waals surface area contributed by atoms with E-state index in [0.29, 0.717) is 16.9 Å². The molecule has 0 unspecified atom stereocenters. The van der Waals surface area contributed by atoms with Gasteiger partial charge in [0, 0.05) is 11.4 Å². The van der Waals surface area contributed by atoms with E-state index in [2.05, 4.69) is 10.6 Å². The summed E-state index contributed by atoms with van der Waals surface area (Å²) in [7, 11) is 0. The molecule has 0 radical (unpaired) electrons. The summed E-state index contributed by atoms with van der Waals surface area (Å²) in [6.45, 7) is -0.490. The molecule has 27 heavy (non-hydrogen) atoms. The fourth-order valence-electron chi connectivity index (χ4n) is 2.04. The summed E-state index contributed by atoms with van der Waals surface area (Å²) < 4.78 is 4.93. The van der Waals surface area contributed by atoms with Crippen molar-refractivity contribution < 1.29 is 19.1 Å². The predicted molar refractivity (Wildman–Crippen MR) is 95.4 cm³/mol. The maximum atomic E-state index is 12.0. The summed E-state index contributed by atoms with van der Waals surface area (Å²) >= 11 is 0. The molecule has 0 aliphatic heterocycles. The van der Waals surface area contributed by atoms with Gasteiger partial charge in [0.25, 0.3) is 5.91 Å². The lowest BCUT2D eigenvalue weighted by Gasteiger charge is -2.08. The summed E-state index contributed by atoms with van der Waals surface area (Å²) in [6.07, 6.45) is -0.268. The molecule has 0 heterocycles. The summed E-state index contributed by atoms with van der Waals surface area (Å²) in [5, 5.41) is 22.3. The molecule has 0 aromatic heterocycles. The van der Waals surface area contributed by atoms with Crippen molar-refractivity contribution >= 4 is 29.2 Å². The van der Waals surface area contributed by atoms with Gasteiger partial charge < -0.3 is 15.4 Å². The van der Waals surface area contributed by atoms with Gasteiger partial charge in [0.1, 0.15) is 6.42 Å². The molecule has 0 aliphatic carbocycles. The van der Waals surface area contributed by atoms with Crippen LogP contribution in [0.5, 0.6) is 0 Å². The molecule has 0 atom stereocenters. The van der Waals surface area contributed by atoms with Crippen LogP contribution in [0.15, 0.2) is 48.5 Å². The lowest BCUT2D eigenvalue weighted by atomic mass is 10.2. The van der Waals surface area contributed by atoms with Gasteiger partial charge in [0.15, 0.2) is 6.61 Å². The first-order valence-corrected chi connectivity index (χ1v) is 7.76. The molecule has 0 bridgehead atoms. The second kappa shape index (κ2) is 9.35. The van der Waals surface area contributed by atoms with E-state index >= 15 is 0 Å². The molecule has 8 nitrogen and oxygen atoms in total. The van der Waals surface area contributed by atoms with Crippen LogP contribution >= 0.6 is 0 Å². The number of esters is 1. The Kier molecular flexibility index (Phi) is 6.63. The molecule has 8 heteroatoms. The normalized spacial score (nSPS) is 9.41. The van der Waals surface area contributed by atoms with Crippen molar-refractivity contribution in [2.45, 2.75) is 6.42 Å². The first kappa shape index (κ1) is 19.2. The zero-order chi connectivity index (χ0) is 19.6. The van der Waals surface area contributed by atoms with Gasteiger partial charge >= 0.3 is 5.97 Å². The Balaban J connectivity index is 1.86. The van der Waals surface area contributed by atoms with Crippen molar-refractivity contribution in [3.8, 4) is 12.1 Å². The summed E-state index contributed by atoms with van der Waals surface area (Å²) in [4.78, 5) is 35.1. The topological polar surface area (TPSA) is 132 Å². The number of rotatable bonds is 6. The number of carbonyl (C=O) groups is 3. The number of anilines is 2. The lowest BCUT2D eigenvalue weighted by molar-refractivity contribution is -0.119. The van der Waals surface area contributed by atoms with Gasteiger partial charge in [0.05, 0.1) is 23.3 Å². The largest absolute Gasteiger partial charge is 0.452 e. The third-order valence-electron chi connectivity index (χ3n) is 3.25. The Labute approximate surface area is 155 Å². The van der Waals surface area contributed by atoms with Gasteiger partial charge in [-0.15, -0.1) is 0 Å². The van der Waals surface area contributed by atoms with Crippen LogP contribution in [-0.2, 0) is 14.3 Å². The predicted octanol–water partition coefficient (Wildman–Crippen LogP) is 2.21. The number of hydrogen-bond donors (Lipinski definition) is 2. The number of benzene rings is 2. The molecule has 2 aromatic rings. The molecule has 0 fully saturated rings. The van der Waals surface area contributed by atoms with Gasteiger partial charge in [-0.3, -0.25) is 9.59 Å². The smallest absolute Gasteiger partial charge is 0.338 e. The molecule has 134 valence electrons. The fraction of sp³-hybridized carbons (Fsp3) is 0.105.